The zero-order valence-corrected chi connectivity index (χ0v) is 8.35. The van der Waals surface area contributed by atoms with Crippen molar-refractivity contribution in [1.82, 2.24) is 4.90 Å². The molecule has 1 aliphatic rings. The Hall–Kier alpha value is -0.290. The first-order valence-electron chi connectivity index (χ1n) is 5.03. The number of hydrogen-bond acceptors (Lipinski definition) is 2. The Morgan fingerprint density at radius 2 is 2.00 bits per heavy atom. The van der Waals surface area contributed by atoms with Crippen LogP contribution in [0.3, 0.4) is 0 Å². The van der Waals surface area contributed by atoms with Crippen molar-refractivity contribution < 1.29 is 13.2 Å². The molecule has 0 aliphatic heterocycles. The van der Waals surface area contributed by atoms with E-state index >= 15 is 0 Å². The summed E-state index contributed by atoms with van der Waals surface area (Å²) in [5.74, 6) is 0. The third kappa shape index (κ3) is 2.85. The van der Waals surface area contributed by atoms with Gasteiger partial charge in [0.15, 0.2) is 0 Å². The second-order valence-electron chi connectivity index (χ2n) is 3.70. The van der Waals surface area contributed by atoms with Crippen LogP contribution in [0.15, 0.2) is 0 Å². The lowest BCUT2D eigenvalue weighted by Crippen LogP contribution is -2.47. The van der Waals surface area contributed by atoms with Gasteiger partial charge in [-0.3, -0.25) is 4.90 Å². The Labute approximate surface area is 82.2 Å². The predicted octanol–water partition coefficient (Wildman–Crippen LogP) is 1.75. The van der Waals surface area contributed by atoms with E-state index in [1.54, 1.807) is 6.92 Å². The van der Waals surface area contributed by atoms with Gasteiger partial charge in [-0.25, -0.2) is 0 Å². The number of alkyl halides is 3. The molecule has 84 valence electrons. The molecule has 0 aromatic rings. The lowest BCUT2D eigenvalue weighted by molar-refractivity contribution is -0.186. The summed E-state index contributed by atoms with van der Waals surface area (Å²) in [6.07, 6.45) is -2.35. The van der Waals surface area contributed by atoms with Gasteiger partial charge in [0.05, 0.1) is 0 Å². The monoisotopic (exact) mass is 210 g/mol. The maximum Gasteiger partial charge on any atom is 0.404 e. The maximum atomic E-state index is 12.6. The van der Waals surface area contributed by atoms with Crippen LogP contribution in [0.25, 0.3) is 0 Å². The molecule has 1 atom stereocenters. The van der Waals surface area contributed by atoms with Crippen LogP contribution in [0.5, 0.6) is 0 Å². The lowest BCUT2D eigenvalue weighted by Gasteiger charge is -2.32. The van der Waals surface area contributed by atoms with Gasteiger partial charge in [-0.05, 0) is 32.4 Å². The molecule has 1 unspecified atom stereocenters. The van der Waals surface area contributed by atoms with Crippen molar-refractivity contribution in [2.24, 2.45) is 5.73 Å². The molecule has 0 radical (unpaired) electrons. The van der Waals surface area contributed by atoms with Crippen molar-refractivity contribution in [2.75, 3.05) is 13.1 Å². The van der Waals surface area contributed by atoms with Gasteiger partial charge < -0.3 is 5.73 Å². The molecule has 14 heavy (non-hydrogen) atoms. The number of nitrogens with two attached hydrogens (primary N) is 1. The highest BCUT2D eigenvalue weighted by molar-refractivity contribution is 4.91. The maximum absolute atomic E-state index is 12.6. The van der Waals surface area contributed by atoms with E-state index in [1.165, 1.54) is 4.90 Å². The van der Waals surface area contributed by atoms with Gasteiger partial charge in [0.25, 0.3) is 0 Å². The summed E-state index contributed by atoms with van der Waals surface area (Å²) in [6.45, 7) is 2.32. The van der Waals surface area contributed by atoms with Crippen LogP contribution in [0, 0.1) is 0 Å². The summed E-state index contributed by atoms with van der Waals surface area (Å²) in [6, 6.07) is -1.21. The zero-order valence-electron chi connectivity index (χ0n) is 8.35. The molecule has 0 bridgehead atoms. The van der Waals surface area contributed by atoms with Gasteiger partial charge in [-0.15, -0.1) is 0 Å². The normalized spacial score (nSPS) is 20.1. The van der Waals surface area contributed by atoms with Crippen LogP contribution < -0.4 is 5.73 Å². The molecule has 5 heteroatoms. The van der Waals surface area contributed by atoms with Crippen LogP contribution in [0.2, 0.25) is 0 Å². The van der Waals surface area contributed by atoms with Gasteiger partial charge in [0.1, 0.15) is 6.04 Å². The first-order chi connectivity index (χ1) is 6.50. The Morgan fingerprint density at radius 1 is 1.43 bits per heavy atom. The fourth-order valence-corrected chi connectivity index (χ4v) is 1.81. The first-order valence-corrected chi connectivity index (χ1v) is 5.03. The Balaban J connectivity index is 2.63. The fraction of sp³-hybridized carbons (Fsp3) is 1.00. The fourth-order valence-electron chi connectivity index (χ4n) is 1.81. The smallest absolute Gasteiger partial charge is 0.330 e. The minimum Gasteiger partial charge on any atom is -0.330 e. The second kappa shape index (κ2) is 4.49. The number of hydrogen-bond donors (Lipinski definition) is 1. The van der Waals surface area contributed by atoms with Crippen LogP contribution in [-0.4, -0.2) is 36.2 Å². The zero-order chi connectivity index (χ0) is 10.8. The predicted molar refractivity (Wildman–Crippen MR) is 48.9 cm³/mol. The standard InChI is InChI=1S/C9H17F3N2/c1-2-14(7-3-4-7)8(5-6-13)9(10,11)12/h7-8H,2-6,13H2,1H3. The van der Waals surface area contributed by atoms with Crippen molar-refractivity contribution in [3.05, 3.63) is 0 Å². The second-order valence-corrected chi connectivity index (χ2v) is 3.70. The van der Waals surface area contributed by atoms with Gasteiger partial charge in [-0.2, -0.15) is 13.2 Å². The Morgan fingerprint density at radius 3 is 2.29 bits per heavy atom. The quantitative estimate of drug-likeness (QED) is 0.749. The van der Waals surface area contributed by atoms with Gasteiger partial charge in [0.2, 0.25) is 0 Å². The topological polar surface area (TPSA) is 29.3 Å². The average molecular weight is 210 g/mol. The summed E-state index contributed by atoms with van der Waals surface area (Å²) in [5, 5.41) is 0. The van der Waals surface area contributed by atoms with E-state index in [-0.39, 0.29) is 19.0 Å². The summed E-state index contributed by atoms with van der Waals surface area (Å²) in [4.78, 5) is 1.53. The molecule has 0 aromatic heterocycles. The summed E-state index contributed by atoms with van der Waals surface area (Å²) >= 11 is 0. The summed E-state index contributed by atoms with van der Waals surface area (Å²) in [7, 11) is 0. The Kier molecular flexibility index (Phi) is 3.78. The third-order valence-corrected chi connectivity index (χ3v) is 2.60. The van der Waals surface area contributed by atoms with Crippen molar-refractivity contribution >= 4 is 0 Å². The van der Waals surface area contributed by atoms with E-state index in [1.807, 2.05) is 0 Å². The molecule has 2 nitrogen and oxygen atoms in total. The molecule has 1 fully saturated rings. The van der Waals surface area contributed by atoms with Crippen molar-refractivity contribution in [3.8, 4) is 0 Å². The largest absolute Gasteiger partial charge is 0.404 e. The van der Waals surface area contributed by atoms with Crippen LogP contribution >= 0.6 is 0 Å². The molecule has 0 amide bonds. The third-order valence-electron chi connectivity index (χ3n) is 2.60. The molecule has 2 N–H and O–H groups in total. The highest BCUT2D eigenvalue weighted by atomic mass is 19.4. The summed E-state index contributed by atoms with van der Waals surface area (Å²) < 4.78 is 37.9. The van der Waals surface area contributed by atoms with Crippen molar-refractivity contribution in [1.29, 1.82) is 0 Å². The highest BCUT2D eigenvalue weighted by Crippen LogP contribution is 2.35. The van der Waals surface area contributed by atoms with E-state index in [2.05, 4.69) is 0 Å². The van der Waals surface area contributed by atoms with Crippen molar-refractivity contribution in [3.63, 3.8) is 0 Å². The summed E-state index contributed by atoms with van der Waals surface area (Å²) in [5.41, 5.74) is 5.21. The van der Waals surface area contributed by atoms with Crippen LogP contribution in [0.4, 0.5) is 13.2 Å². The molecule has 0 spiro atoms. The Bertz CT molecular complexity index is 177. The molecule has 0 saturated heterocycles. The number of rotatable bonds is 5. The molecular formula is C9H17F3N2. The molecule has 1 rings (SSSR count). The first kappa shape index (κ1) is 11.8. The molecular weight excluding hydrogens is 193 g/mol. The molecule has 0 heterocycles. The minimum absolute atomic E-state index is 0.00778. The van der Waals surface area contributed by atoms with E-state index < -0.39 is 12.2 Å². The minimum atomic E-state index is -4.14. The SMILES string of the molecule is CCN(C1CC1)C(CCN)C(F)(F)F. The van der Waals surface area contributed by atoms with Crippen LogP contribution in [-0.2, 0) is 0 Å². The number of halogens is 3. The molecule has 0 aromatic carbocycles. The molecule has 1 saturated carbocycles. The average Bonchev–Trinajstić information content (AvgIpc) is 2.86. The van der Waals surface area contributed by atoms with E-state index in [4.69, 9.17) is 5.73 Å². The van der Waals surface area contributed by atoms with Gasteiger partial charge in [0, 0.05) is 6.04 Å². The van der Waals surface area contributed by atoms with E-state index in [0.717, 1.165) is 12.8 Å². The molecule has 1 aliphatic carbocycles. The van der Waals surface area contributed by atoms with E-state index in [0.29, 0.717) is 6.54 Å². The number of nitrogens with zero attached hydrogens (tertiary/aromatic N) is 1. The lowest BCUT2D eigenvalue weighted by atomic mass is 10.1. The van der Waals surface area contributed by atoms with E-state index in [9.17, 15) is 13.2 Å². The van der Waals surface area contributed by atoms with Crippen LogP contribution in [0.1, 0.15) is 26.2 Å². The van der Waals surface area contributed by atoms with Gasteiger partial charge in [-0.1, -0.05) is 6.92 Å². The van der Waals surface area contributed by atoms with Gasteiger partial charge >= 0.3 is 6.18 Å². The van der Waals surface area contributed by atoms with Crippen molar-refractivity contribution in [2.45, 2.75) is 44.4 Å². The highest BCUT2D eigenvalue weighted by Gasteiger charge is 2.46.